The summed E-state index contributed by atoms with van der Waals surface area (Å²) in [6.07, 6.45) is 2.84. The highest BCUT2D eigenvalue weighted by Gasteiger charge is 2.22. The van der Waals surface area contributed by atoms with Crippen molar-refractivity contribution >= 4 is 45.5 Å². The summed E-state index contributed by atoms with van der Waals surface area (Å²) in [5, 5.41) is 3.29. The highest BCUT2D eigenvalue weighted by molar-refractivity contribution is 14.0. The third-order valence-electron chi connectivity index (χ3n) is 3.41. The molecule has 5 nitrogen and oxygen atoms in total. The van der Waals surface area contributed by atoms with Crippen molar-refractivity contribution < 1.29 is 8.42 Å². The van der Waals surface area contributed by atoms with Crippen molar-refractivity contribution in [2.75, 3.05) is 36.5 Å². The molecule has 0 aliphatic carbocycles. The predicted molar refractivity (Wildman–Crippen MR) is 103 cm³/mol. The number of nitrogens with zero attached hydrogens (tertiary/aromatic N) is 2. The number of para-hydroxylation sites is 1. The number of nitrogens with one attached hydrogen (secondary N) is 1. The summed E-state index contributed by atoms with van der Waals surface area (Å²) in [4.78, 5) is 6.74. The molecule has 7 heteroatoms. The van der Waals surface area contributed by atoms with Gasteiger partial charge in [-0.3, -0.25) is 4.99 Å². The summed E-state index contributed by atoms with van der Waals surface area (Å²) in [5.41, 5.74) is 2.53. The number of aliphatic imine (C=N–C) groups is 1. The van der Waals surface area contributed by atoms with Crippen molar-refractivity contribution in [1.82, 2.24) is 5.32 Å². The van der Waals surface area contributed by atoms with Crippen molar-refractivity contribution in [2.24, 2.45) is 4.99 Å². The van der Waals surface area contributed by atoms with Crippen LogP contribution in [-0.4, -0.2) is 46.0 Å². The lowest BCUT2D eigenvalue weighted by Crippen LogP contribution is -2.40. The second-order valence-electron chi connectivity index (χ2n) is 5.25. The van der Waals surface area contributed by atoms with Gasteiger partial charge in [-0.05, 0) is 31.4 Å². The minimum atomic E-state index is -2.91. The third-order valence-corrected chi connectivity index (χ3v) is 4.44. The van der Waals surface area contributed by atoms with Gasteiger partial charge in [0.25, 0.3) is 0 Å². The molecule has 0 saturated carbocycles. The van der Waals surface area contributed by atoms with Gasteiger partial charge >= 0.3 is 0 Å². The molecule has 22 heavy (non-hydrogen) atoms. The Bertz CT molecular complexity index is 617. The Hall–Kier alpha value is -0.830. The first-order valence-electron chi connectivity index (χ1n) is 7.33. The van der Waals surface area contributed by atoms with E-state index in [-0.39, 0.29) is 29.7 Å². The van der Waals surface area contributed by atoms with Gasteiger partial charge in [-0.1, -0.05) is 18.2 Å². The van der Waals surface area contributed by atoms with Crippen LogP contribution in [0.4, 0.5) is 5.69 Å². The maximum atomic E-state index is 11.1. The Kier molecular flexibility index (Phi) is 7.61. The summed E-state index contributed by atoms with van der Waals surface area (Å²) in [5.74, 6) is 1.03. The second-order valence-corrected chi connectivity index (χ2v) is 7.51. The number of benzene rings is 1. The molecule has 1 heterocycles. The van der Waals surface area contributed by atoms with Gasteiger partial charge in [0.15, 0.2) is 5.96 Å². The SMILES string of the molecule is CCNC(=NCCCS(C)(=O)=O)N1CCc2ccccc21.I. The lowest BCUT2D eigenvalue weighted by Gasteiger charge is -2.22. The predicted octanol–water partition coefficient (Wildman–Crippen LogP) is 2.07. The van der Waals surface area contributed by atoms with E-state index in [9.17, 15) is 8.42 Å². The second kappa shape index (κ2) is 8.71. The molecule has 1 aromatic carbocycles. The van der Waals surface area contributed by atoms with Crippen LogP contribution in [0.1, 0.15) is 18.9 Å². The third kappa shape index (κ3) is 5.42. The molecule has 0 radical (unpaired) electrons. The maximum Gasteiger partial charge on any atom is 0.198 e. The Morgan fingerprint density at radius 3 is 2.77 bits per heavy atom. The zero-order valence-electron chi connectivity index (χ0n) is 13.1. The van der Waals surface area contributed by atoms with Crippen LogP contribution < -0.4 is 10.2 Å². The minimum absolute atomic E-state index is 0. The zero-order chi connectivity index (χ0) is 15.3. The van der Waals surface area contributed by atoms with E-state index in [0.717, 1.165) is 25.5 Å². The van der Waals surface area contributed by atoms with Crippen LogP contribution in [0.5, 0.6) is 0 Å². The molecule has 0 spiro atoms. The smallest absolute Gasteiger partial charge is 0.198 e. The van der Waals surface area contributed by atoms with E-state index >= 15 is 0 Å². The fourth-order valence-electron chi connectivity index (χ4n) is 2.46. The van der Waals surface area contributed by atoms with Gasteiger partial charge in [-0.15, -0.1) is 24.0 Å². The molecular formula is C15H24IN3O2S. The molecule has 0 saturated heterocycles. The van der Waals surface area contributed by atoms with Crippen LogP contribution in [-0.2, 0) is 16.3 Å². The van der Waals surface area contributed by atoms with E-state index in [2.05, 4.69) is 33.4 Å². The summed E-state index contributed by atoms with van der Waals surface area (Å²) in [7, 11) is -2.91. The van der Waals surface area contributed by atoms with E-state index in [4.69, 9.17) is 0 Å². The number of sulfone groups is 1. The van der Waals surface area contributed by atoms with Gasteiger partial charge < -0.3 is 10.2 Å². The van der Waals surface area contributed by atoms with Gasteiger partial charge in [-0.2, -0.15) is 0 Å². The Labute approximate surface area is 150 Å². The van der Waals surface area contributed by atoms with Crippen molar-refractivity contribution in [2.45, 2.75) is 19.8 Å². The molecular weight excluding hydrogens is 413 g/mol. The van der Waals surface area contributed by atoms with Gasteiger partial charge in [-0.25, -0.2) is 8.42 Å². The molecule has 1 aromatic rings. The molecule has 1 N–H and O–H groups in total. The molecule has 0 fully saturated rings. The van der Waals surface area contributed by atoms with E-state index in [1.165, 1.54) is 17.5 Å². The Morgan fingerprint density at radius 2 is 2.09 bits per heavy atom. The molecule has 2 rings (SSSR count). The number of halogens is 1. The zero-order valence-corrected chi connectivity index (χ0v) is 16.2. The monoisotopic (exact) mass is 437 g/mol. The molecule has 0 atom stereocenters. The summed E-state index contributed by atoms with van der Waals surface area (Å²) >= 11 is 0. The van der Waals surface area contributed by atoms with Crippen LogP contribution in [0.25, 0.3) is 0 Å². The van der Waals surface area contributed by atoms with E-state index in [0.29, 0.717) is 13.0 Å². The number of anilines is 1. The fraction of sp³-hybridized carbons (Fsp3) is 0.533. The number of hydrogen-bond donors (Lipinski definition) is 1. The van der Waals surface area contributed by atoms with Crippen LogP contribution >= 0.6 is 24.0 Å². The Morgan fingerprint density at radius 1 is 1.36 bits per heavy atom. The highest BCUT2D eigenvalue weighted by Crippen LogP contribution is 2.27. The fourth-order valence-corrected chi connectivity index (χ4v) is 3.12. The average Bonchev–Trinajstić information content (AvgIpc) is 2.85. The molecule has 124 valence electrons. The lowest BCUT2D eigenvalue weighted by molar-refractivity contribution is 0.599. The minimum Gasteiger partial charge on any atom is -0.356 e. The molecule has 0 aromatic heterocycles. The normalized spacial score (nSPS) is 14.5. The number of hydrogen-bond acceptors (Lipinski definition) is 3. The first-order valence-corrected chi connectivity index (χ1v) is 9.39. The van der Waals surface area contributed by atoms with E-state index in [1.54, 1.807) is 0 Å². The average molecular weight is 437 g/mol. The quantitative estimate of drug-likeness (QED) is 0.332. The maximum absolute atomic E-state index is 11.1. The lowest BCUT2D eigenvalue weighted by atomic mass is 10.2. The molecule has 0 amide bonds. The molecule has 1 aliphatic rings. The summed E-state index contributed by atoms with van der Waals surface area (Å²) in [6.45, 7) is 4.27. The number of rotatable bonds is 5. The van der Waals surface area contributed by atoms with Crippen LogP contribution in [0, 0.1) is 0 Å². The van der Waals surface area contributed by atoms with Crippen molar-refractivity contribution in [3.8, 4) is 0 Å². The number of guanidine groups is 1. The highest BCUT2D eigenvalue weighted by atomic mass is 127. The van der Waals surface area contributed by atoms with Crippen molar-refractivity contribution in [1.29, 1.82) is 0 Å². The van der Waals surface area contributed by atoms with E-state index < -0.39 is 9.84 Å². The largest absolute Gasteiger partial charge is 0.356 e. The van der Waals surface area contributed by atoms with Crippen LogP contribution in [0.15, 0.2) is 29.3 Å². The van der Waals surface area contributed by atoms with Crippen LogP contribution in [0.3, 0.4) is 0 Å². The van der Waals surface area contributed by atoms with Crippen molar-refractivity contribution in [3.63, 3.8) is 0 Å². The first kappa shape index (κ1) is 19.2. The van der Waals surface area contributed by atoms with Crippen molar-refractivity contribution in [3.05, 3.63) is 29.8 Å². The molecule has 0 unspecified atom stereocenters. The summed E-state index contributed by atoms with van der Waals surface area (Å²) in [6, 6.07) is 8.33. The molecule has 1 aliphatic heterocycles. The van der Waals surface area contributed by atoms with Gasteiger partial charge in [0, 0.05) is 31.6 Å². The topological polar surface area (TPSA) is 61.8 Å². The van der Waals surface area contributed by atoms with Crippen LogP contribution in [0.2, 0.25) is 0 Å². The van der Waals surface area contributed by atoms with Gasteiger partial charge in [0.1, 0.15) is 9.84 Å². The first-order chi connectivity index (χ1) is 10.0. The van der Waals surface area contributed by atoms with E-state index in [1.807, 2.05) is 13.0 Å². The standard InChI is InChI=1S/C15H23N3O2S.HI/c1-3-16-15(17-10-6-12-21(2,19)20)18-11-9-13-7-4-5-8-14(13)18;/h4-5,7-8H,3,6,9-12H2,1-2H3,(H,16,17);1H. The molecule has 0 bridgehead atoms. The van der Waals surface area contributed by atoms with Gasteiger partial charge in [0.2, 0.25) is 0 Å². The van der Waals surface area contributed by atoms with Gasteiger partial charge in [0.05, 0.1) is 5.75 Å². The number of fused-ring (bicyclic) bond motifs is 1. The summed E-state index contributed by atoms with van der Waals surface area (Å²) < 4.78 is 22.3. The Balaban J connectivity index is 0.00000242.